The molecule has 3 aromatic carbocycles. The summed E-state index contributed by atoms with van der Waals surface area (Å²) in [5.74, 6) is 0.237. The van der Waals surface area contributed by atoms with Crippen LogP contribution in [0.15, 0.2) is 90.0 Å². The molecule has 1 aliphatic heterocycles. The number of fused-ring (bicyclic) bond motifs is 1. The molecule has 4 aromatic rings. The van der Waals surface area contributed by atoms with Crippen LogP contribution in [0.5, 0.6) is 0 Å². The molecule has 0 aliphatic carbocycles. The predicted molar refractivity (Wildman–Crippen MR) is 121 cm³/mol. The molecular formula is C26H21N3O2. The van der Waals surface area contributed by atoms with Gasteiger partial charge in [0.25, 0.3) is 0 Å². The van der Waals surface area contributed by atoms with Crippen molar-refractivity contribution in [1.82, 2.24) is 9.99 Å². The highest BCUT2D eigenvalue weighted by Crippen LogP contribution is 2.33. The second-order valence-corrected chi connectivity index (χ2v) is 7.59. The predicted octanol–water partition coefficient (Wildman–Crippen LogP) is 5.45. The monoisotopic (exact) mass is 407 g/mol. The van der Waals surface area contributed by atoms with Gasteiger partial charge in [0.15, 0.2) is 0 Å². The van der Waals surface area contributed by atoms with Crippen LogP contribution in [0.3, 0.4) is 0 Å². The average molecular weight is 407 g/mol. The number of nitrogens with zero attached hydrogens (tertiary/aromatic N) is 3. The number of ether oxygens (including phenoxy) is 1. The van der Waals surface area contributed by atoms with E-state index >= 15 is 0 Å². The molecule has 0 saturated heterocycles. The summed E-state index contributed by atoms with van der Waals surface area (Å²) < 4.78 is 6.29. The Morgan fingerprint density at radius 2 is 1.71 bits per heavy atom. The highest BCUT2D eigenvalue weighted by atomic mass is 16.5. The van der Waals surface area contributed by atoms with Gasteiger partial charge in [0.1, 0.15) is 0 Å². The molecule has 0 N–H and O–H groups in total. The van der Waals surface area contributed by atoms with Crippen LogP contribution in [-0.2, 0) is 9.53 Å². The fourth-order valence-corrected chi connectivity index (χ4v) is 3.82. The van der Waals surface area contributed by atoms with E-state index in [0.29, 0.717) is 5.90 Å². The Kier molecular flexibility index (Phi) is 4.71. The Hall–Kier alpha value is -3.99. The van der Waals surface area contributed by atoms with Crippen LogP contribution in [0.4, 0.5) is 0 Å². The molecule has 1 aromatic heterocycles. The molecule has 152 valence electrons. The SMILES string of the molecule is CC(=O)N1N=C(c2cc(-c3ccccc3)nc3ccccc23)O[C@@H]1c1cccc(C)c1. The number of amides is 1. The van der Waals surface area contributed by atoms with Gasteiger partial charge >= 0.3 is 0 Å². The van der Waals surface area contributed by atoms with Crippen LogP contribution >= 0.6 is 0 Å². The molecule has 1 amide bonds. The van der Waals surface area contributed by atoms with E-state index < -0.39 is 6.23 Å². The zero-order valence-electron chi connectivity index (χ0n) is 17.3. The molecule has 0 bridgehead atoms. The number of hydrogen-bond acceptors (Lipinski definition) is 4. The Labute approximate surface area is 180 Å². The van der Waals surface area contributed by atoms with Gasteiger partial charge in [0.2, 0.25) is 18.0 Å². The number of para-hydroxylation sites is 1. The van der Waals surface area contributed by atoms with Gasteiger partial charge in [0.05, 0.1) is 11.2 Å². The number of aryl methyl sites for hydroxylation is 1. The van der Waals surface area contributed by atoms with Gasteiger partial charge in [-0.05, 0) is 19.1 Å². The quantitative estimate of drug-likeness (QED) is 0.454. The molecule has 0 saturated carbocycles. The van der Waals surface area contributed by atoms with Gasteiger partial charge in [-0.1, -0.05) is 78.4 Å². The third-order valence-corrected chi connectivity index (χ3v) is 5.31. The standard InChI is InChI=1S/C26H21N3O2/c1-17-9-8-12-20(15-17)26-29(18(2)30)28-25(31-26)22-16-24(19-10-4-3-5-11-19)27-23-14-7-6-13-21(22)23/h3-16,26H,1-2H3/t26-/m1/s1. The van der Waals surface area contributed by atoms with Crippen molar-refractivity contribution < 1.29 is 9.53 Å². The lowest BCUT2D eigenvalue weighted by atomic mass is 10.0. The number of hydrazone groups is 1. The number of carbonyl (C=O) groups is 1. The van der Waals surface area contributed by atoms with Crippen LogP contribution < -0.4 is 0 Å². The molecule has 1 atom stereocenters. The first kappa shape index (κ1) is 19.0. The normalized spacial score (nSPS) is 15.6. The van der Waals surface area contributed by atoms with E-state index in [1.807, 2.05) is 91.9 Å². The van der Waals surface area contributed by atoms with Crippen molar-refractivity contribution in [3.8, 4) is 11.3 Å². The first-order valence-electron chi connectivity index (χ1n) is 10.2. The maximum absolute atomic E-state index is 12.4. The van der Waals surface area contributed by atoms with Crippen LogP contribution in [-0.4, -0.2) is 21.8 Å². The van der Waals surface area contributed by atoms with Crippen molar-refractivity contribution in [2.45, 2.75) is 20.1 Å². The van der Waals surface area contributed by atoms with E-state index in [1.165, 1.54) is 11.9 Å². The van der Waals surface area contributed by atoms with Gasteiger partial charge in [-0.2, -0.15) is 5.01 Å². The molecule has 1 aliphatic rings. The van der Waals surface area contributed by atoms with Crippen molar-refractivity contribution in [2.24, 2.45) is 5.10 Å². The summed E-state index contributed by atoms with van der Waals surface area (Å²) in [6, 6.07) is 27.8. The zero-order chi connectivity index (χ0) is 21.4. The summed E-state index contributed by atoms with van der Waals surface area (Å²) in [7, 11) is 0. The molecule has 5 heteroatoms. The second-order valence-electron chi connectivity index (χ2n) is 7.59. The van der Waals surface area contributed by atoms with E-state index in [1.54, 1.807) is 0 Å². The first-order valence-corrected chi connectivity index (χ1v) is 10.2. The summed E-state index contributed by atoms with van der Waals surface area (Å²) in [5.41, 5.74) is 5.47. The third-order valence-electron chi connectivity index (χ3n) is 5.31. The summed E-state index contributed by atoms with van der Waals surface area (Å²) in [6.07, 6.45) is -0.598. The number of rotatable bonds is 3. The van der Waals surface area contributed by atoms with Crippen LogP contribution in [0.2, 0.25) is 0 Å². The van der Waals surface area contributed by atoms with Gasteiger partial charge < -0.3 is 4.74 Å². The van der Waals surface area contributed by atoms with Crippen LogP contribution in [0.25, 0.3) is 22.2 Å². The molecule has 0 fully saturated rings. The van der Waals surface area contributed by atoms with Crippen molar-refractivity contribution in [1.29, 1.82) is 0 Å². The van der Waals surface area contributed by atoms with Gasteiger partial charge in [0, 0.05) is 29.0 Å². The van der Waals surface area contributed by atoms with E-state index in [2.05, 4.69) is 5.10 Å². The Morgan fingerprint density at radius 1 is 0.935 bits per heavy atom. The Balaban J connectivity index is 1.65. The van der Waals surface area contributed by atoms with Crippen LogP contribution in [0, 0.1) is 6.92 Å². The minimum Gasteiger partial charge on any atom is -0.446 e. The summed E-state index contributed by atoms with van der Waals surface area (Å²) >= 11 is 0. The molecular weight excluding hydrogens is 386 g/mol. The molecule has 2 heterocycles. The van der Waals surface area contributed by atoms with Gasteiger partial charge in [-0.3, -0.25) is 4.79 Å². The van der Waals surface area contributed by atoms with Gasteiger partial charge in [-0.15, -0.1) is 5.10 Å². The van der Waals surface area contributed by atoms with E-state index in [0.717, 1.165) is 38.9 Å². The lowest BCUT2D eigenvalue weighted by Gasteiger charge is -2.19. The van der Waals surface area contributed by atoms with E-state index in [-0.39, 0.29) is 5.91 Å². The molecule has 0 spiro atoms. The topological polar surface area (TPSA) is 54.8 Å². The minimum absolute atomic E-state index is 0.178. The van der Waals surface area contributed by atoms with Crippen molar-refractivity contribution in [2.75, 3.05) is 0 Å². The minimum atomic E-state index is -0.598. The zero-order valence-corrected chi connectivity index (χ0v) is 17.3. The number of pyridine rings is 1. The fraction of sp³-hybridized carbons (Fsp3) is 0.115. The lowest BCUT2D eigenvalue weighted by Crippen LogP contribution is -2.25. The number of hydrogen-bond donors (Lipinski definition) is 0. The number of aromatic nitrogens is 1. The largest absolute Gasteiger partial charge is 0.446 e. The fourth-order valence-electron chi connectivity index (χ4n) is 3.82. The van der Waals surface area contributed by atoms with Crippen molar-refractivity contribution in [3.63, 3.8) is 0 Å². The molecule has 31 heavy (non-hydrogen) atoms. The third kappa shape index (κ3) is 3.55. The van der Waals surface area contributed by atoms with Crippen molar-refractivity contribution in [3.05, 3.63) is 102 Å². The number of carbonyl (C=O) groups excluding carboxylic acids is 1. The molecule has 5 nitrogen and oxygen atoms in total. The highest BCUT2D eigenvalue weighted by molar-refractivity contribution is 6.08. The highest BCUT2D eigenvalue weighted by Gasteiger charge is 2.34. The second kappa shape index (κ2) is 7.69. The molecule has 0 unspecified atom stereocenters. The number of benzene rings is 3. The Morgan fingerprint density at radius 3 is 2.48 bits per heavy atom. The molecule has 0 radical (unpaired) electrons. The smallest absolute Gasteiger partial charge is 0.243 e. The maximum atomic E-state index is 12.4. The van der Waals surface area contributed by atoms with E-state index in [4.69, 9.17) is 9.72 Å². The average Bonchev–Trinajstić information content (AvgIpc) is 3.25. The molecule has 5 rings (SSSR count). The summed E-state index contributed by atoms with van der Waals surface area (Å²) in [4.78, 5) is 17.2. The Bertz CT molecular complexity index is 1310. The summed E-state index contributed by atoms with van der Waals surface area (Å²) in [6.45, 7) is 3.51. The maximum Gasteiger partial charge on any atom is 0.243 e. The van der Waals surface area contributed by atoms with Gasteiger partial charge in [-0.25, -0.2) is 4.98 Å². The summed E-state index contributed by atoms with van der Waals surface area (Å²) in [5, 5.41) is 6.91. The van der Waals surface area contributed by atoms with Crippen LogP contribution in [0.1, 0.15) is 29.8 Å². The first-order chi connectivity index (χ1) is 15.1. The lowest BCUT2D eigenvalue weighted by molar-refractivity contribution is -0.135. The van der Waals surface area contributed by atoms with E-state index in [9.17, 15) is 4.79 Å². The van der Waals surface area contributed by atoms with Crippen molar-refractivity contribution >= 4 is 22.7 Å².